The van der Waals surface area contributed by atoms with Crippen LogP contribution in [0.4, 0.5) is 5.69 Å². The molecule has 1 saturated heterocycles. The van der Waals surface area contributed by atoms with Crippen LogP contribution >= 0.6 is 11.6 Å². The van der Waals surface area contributed by atoms with Gasteiger partial charge in [-0.15, -0.1) is 10.2 Å². The number of aromatic nitrogens is 3. The number of nitrogens with one attached hydrogen (secondary N) is 2. The Morgan fingerprint density at radius 1 is 1.15 bits per heavy atom. The number of aryl methyl sites for hydroxylation is 1. The van der Waals surface area contributed by atoms with Crippen molar-refractivity contribution in [1.29, 1.82) is 0 Å². The van der Waals surface area contributed by atoms with E-state index in [4.69, 9.17) is 11.6 Å². The van der Waals surface area contributed by atoms with Crippen molar-refractivity contribution in [2.24, 2.45) is 0 Å². The van der Waals surface area contributed by atoms with E-state index in [-0.39, 0.29) is 16.4 Å². The third kappa shape index (κ3) is 4.93. The van der Waals surface area contributed by atoms with E-state index < -0.39 is 10.0 Å². The van der Waals surface area contributed by atoms with Crippen LogP contribution < -0.4 is 10.0 Å². The third-order valence-corrected chi connectivity index (χ3v) is 7.60. The summed E-state index contributed by atoms with van der Waals surface area (Å²) >= 11 is 6.32. The Kier molecular flexibility index (Phi) is 6.53. The molecule has 7 nitrogen and oxygen atoms in total. The second-order valence-electron chi connectivity index (χ2n) is 9.38. The van der Waals surface area contributed by atoms with Gasteiger partial charge in [-0.3, -0.25) is 4.72 Å². The first-order valence-corrected chi connectivity index (χ1v) is 13.0. The topological polar surface area (TPSA) is 88.9 Å². The SMILES string of the molecule is CCc1nnc(-c2cc(Cl)ccc2NS(=O)(=O)c2ccc(C(C)(C)C)cc2)n1[C@H]1CCNC1. The lowest BCUT2D eigenvalue weighted by Crippen LogP contribution is -2.18. The van der Waals surface area contributed by atoms with Crippen LogP contribution in [-0.2, 0) is 21.9 Å². The van der Waals surface area contributed by atoms with Crippen molar-refractivity contribution in [3.63, 3.8) is 0 Å². The van der Waals surface area contributed by atoms with Gasteiger partial charge < -0.3 is 9.88 Å². The van der Waals surface area contributed by atoms with Gasteiger partial charge in [-0.25, -0.2) is 8.42 Å². The van der Waals surface area contributed by atoms with Gasteiger partial charge >= 0.3 is 0 Å². The number of anilines is 1. The zero-order valence-electron chi connectivity index (χ0n) is 19.4. The Bertz CT molecular complexity index is 1240. The van der Waals surface area contributed by atoms with E-state index >= 15 is 0 Å². The van der Waals surface area contributed by atoms with Crippen LogP contribution in [0.1, 0.15) is 51.5 Å². The Balaban J connectivity index is 1.74. The summed E-state index contributed by atoms with van der Waals surface area (Å²) < 4.78 is 31.3. The highest BCUT2D eigenvalue weighted by atomic mass is 35.5. The van der Waals surface area contributed by atoms with E-state index in [1.165, 1.54) is 0 Å². The smallest absolute Gasteiger partial charge is 0.261 e. The van der Waals surface area contributed by atoms with Crippen LogP contribution in [0, 0.1) is 0 Å². The van der Waals surface area contributed by atoms with Crippen molar-refractivity contribution in [3.8, 4) is 11.4 Å². The highest BCUT2D eigenvalue weighted by molar-refractivity contribution is 7.92. The summed E-state index contributed by atoms with van der Waals surface area (Å²) in [5, 5.41) is 12.7. The van der Waals surface area contributed by atoms with Gasteiger partial charge in [0.15, 0.2) is 5.82 Å². The molecule has 9 heteroatoms. The molecule has 0 bridgehead atoms. The minimum absolute atomic E-state index is 0.0603. The lowest BCUT2D eigenvalue weighted by Gasteiger charge is -2.20. The fourth-order valence-electron chi connectivity index (χ4n) is 4.12. The van der Waals surface area contributed by atoms with Crippen molar-refractivity contribution in [2.45, 2.75) is 56.9 Å². The molecule has 0 aliphatic carbocycles. The molecule has 0 amide bonds. The summed E-state index contributed by atoms with van der Waals surface area (Å²) in [7, 11) is -3.81. The van der Waals surface area contributed by atoms with E-state index in [1.54, 1.807) is 30.3 Å². The van der Waals surface area contributed by atoms with Crippen molar-refractivity contribution >= 4 is 27.3 Å². The maximum atomic E-state index is 13.2. The van der Waals surface area contributed by atoms with E-state index in [0.717, 1.165) is 37.3 Å². The standard InChI is InChI=1S/C24H30ClN5O2S/c1-5-22-27-28-23(30(22)18-12-13-26-15-18)20-14-17(25)8-11-21(20)29-33(31,32)19-9-6-16(7-10-19)24(2,3)4/h6-11,14,18,26,29H,5,12-13,15H2,1-4H3/t18-/m0/s1. The van der Waals surface area contributed by atoms with Crippen LogP contribution in [0.15, 0.2) is 47.4 Å². The normalized spacial score (nSPS) is 16.8. The van der Waals surface area contributed by atoms with E-state index in [2.05, 4.69) is 45.6 Å². The first-order valence-electron chi connectivity index (χ1n) is 11.2. The number of hydrogen-bond acceptors (Lipinski definition) is 5. The number of rotatable bonds is 6. The molecule has 2 heterocycles. The lowest BCUT2D eigenvalue weighted by atomic mass is 9.87. The summed E-state index contributed by atoms with van der Waals surface area (Å²) in [4.78, 5) is 0.201. The fraction of sp³-hybridized carbons (Fsp3) is 0.417. The number of nitrogens with zero attached hydrogens (tertiary/aromatic N) is 3. The van der Waals surface area contributed by atoms with Crippen LogP contribution in [0.3, 0.4) is 0 Å². The molecule has 4 rings (SSSR count). The minimum Gasteiger partial charge on any atom is -0.315 e. The molecule has 176 valence electrons. The third-order valence-electron chi connectivity index (χ3n) is 5.98. The van der Waals surface area contributed by atoms with Crippen molar-refractivity contribution in [3.05, 3.63) is 58.9 Å². The summed E-state index contributed by atoms with van der Waals surface area (Å²) in [6.45, 7) is 10.1. The van der Waals surface area contributed by atoms with Crippen LogP contribution in [0.25, 0.3) is 11.4 Å². The van der Waals surface area contributed by atoms with E-state index in [0.29, 0.717) is 22.1 Å². The molecular weight excluding hydrogens is 458 g/mol. The molecule has 33 heavy (non-hydrogen) atoms. The molecule has 1 atom stereocenters. The summed E-state index contributed by atoms with van der Waals surface area (Å²) in [5.41, 5.74) is 2.03. The predicted molar refractivity (Wildman–Crippen MR) is 132 cm³/mol. The van der Waals surface area contributed by atoms with Crippen LogP contribution in [0.2, 0.25) is 5.02 Å². The highest BCUT2D eigenvalue weighted by Crippen LogP contribution is 2.34. The van der Waals surface area contributed by atoms with Gasteiger partial charge in [-0.2, -0.15) is 0 Å². The molecule has 3 aromatic rings. The van der Waals surface area contributed by atoms with Crippen LogP contribution in [0.5, 0.6) is 0 Å². The molecule has 1 aromatic heterocycles. The Hall–Kier alpha value is -2.42. The molecule has 2 aromatic carbocycles. The molecule has 0 spiro atoms. The molecule has 1 fully saturated rings. The monoisotopic (exact) mass is 487 g/mol. The lowest BCUT2D eigenvalue weighted by molar-refractivity contribution is 0.529. The van der Waals surface area contributed by atoms with E-state index in [1.807, 2.05) is 19.1 Å². The quantitative estimate of drug-likeness (QED) is 0.521. The molecular formula is C24H30ClN5O2S. The Labute approximate surface area is 200 Å². The molecule has 1 aliphatic heterocycles. The van der Waals surface area contributed by atoms with E-state index in [9.17, 15) is 8.42 Å². The number of sulfonamides is 1. The van der Waals surface area contributed by atoms with Crippen molar-refractivity contribution in [2.75, 3.05) is 17.8 Å². The van der Waals surface area contributed by atoms with Gasteiger partial charge in [0.2, 0.25) is 0 Å². The largest absolute Gasteiger partial charge is 0.315 e. The summed E-state index contributed by atoms with van der Waals surface area (Å²) in [5.74, 6) is 1.48. The summed E-state index contributed by atoms with van der Waals surface area (Å²) in [6, 6.07) is 12.3. The first-order chi connectivity index (χ1) is 15.6. The number of benzene rings is 2. The molecule has 0 unspecified atom stereocenters. The zero-order valence-corrected chi connectivity index (χ0v) is 21.0. The Morgan fingerprint density at radius 2 is 1.88 bits per heavy atom. The maximum absolute atomic E-state index is 13.2. The fourth-order valence-corrected chi connectivity index (χ4v) is 5.37. The van der Waals surface area contributed by atoms with Gasteiger partial charge in [-0.05, 0) is 54.3 Å². The summed E-state index contributed by atoms with van der Waals surface area (Å²) in [6.07, 6.45) is 1.69. The van der Waals surface area contributed by atoms with Crippen molar-refractivity contribution < 1.29 is 8.42 Å². The molecule has 1 aliphatic rings. The number of hydrogen-bond donors (Lipinski definition) is 2. The maximum Gasteiger partial charge on any atom is 0.261 e. The average molecular weight is 488 g/mol. The molecule has 2 N–H and O–H groups in total. The van der Waals surface area contributed by atoms with Crippen LogP contribution in [-0.4, -0.2) is 36.3 Å². The van der Waals surface area contributed by atoms with Gasteiger partial charge in [0.05, 0.1) is 16.6 Å². The zero-order chi connectivity index (χ0) is 23.8. The minimum atomic E-state index is -3.81. The van der Waals surface area contributed by atoms with Gasteiger partial charge in [-0.1, -0.05) is 51.4 Å². The molecule has 0 saturated carbocycles. The Morgan fingerprint density at radius 3 is 2.48 bits per heavy atom. The number of halogens is 1. The average Bonchev–Trinajstić information content (AvgIpc) is 3.43. The molecule has 0 radical (unpaired) electrons. The highest BCUT2D eigenvalue weighted by Gasteiger charge is 2.26. The first kappa shape index (κ1) is 23.7. The second kappa shape index (κ2) is 9.08. The predicted octanol–water partition coefficient (Wildman–Crippen LogP) is 4.79. The van der Waals surface area contributed by atoms with Crippen molar-refractivity contribution in [1.82, 2.24) is 20.1 Å². The van der Waals surface area contributed by atoms with Gasteiger partial charge in [0.1, 0.15) is 5.82 Å². The van der Waals surface area contributed by atoms with Gasteiger partial charge in [0, 0.05) is 23.6 Å². The van der Waals surface area contributed by atoms with Gasteiger partial charge in [0.25, 0.3) is 10.0 Å². The second-order valence-corrected chi connectivity index (χ2v) is 11.5.